The summed E-state index contributed by atoms with van der Waals surface area (Å²) < 4.78 is 31.8. The zero-order valence-corrected chi connectivity index (χ0v) is 18.1. The van der Waals surface area contributed by atoms with E-state index in [2.05, 4.69) is 20.4 Å². The van der Waals surface area contributed by atoms with E-state index in [0.29, 0.717) is 23.7 Å². The molecule has 170 valence electrons. The molecule has 8 nitrogen and oxygen atoms in total. The van der Waals surface area contributed by atoms with Crippen molar-refractivity contribution in [1.29, 1.82) is 10.8 Å². The fourth-order valence-electron chi connectivity index (χ4n) is 3.42. The second kappa shape index (κ2) is 9.37. The Balaban J connectivity index is 1.61. The second-order valence-electron chi connectivity index (χ2n) is 7.84. The van der Waals surface area contributed by atoms with Crippen LogP contribution in [-0.4, -0.2) is 45.2 Å². The van der Waals surface area contributed by atoms with Crippen molar-refractivity contribution < 1.29 is 8.78 Å². The zero-order chi connectivity index (χ0) is 23.5. The van der Waals surface area contributed by atoms with Crippen molar-refractivity contribution in [1.82, 2.24) is 20.1 Å². The lowest BCUT2D eigenvalue weighted by Gasteiger charge is -2.27. The number of halogens is 2. The lowest BCUT2D eigenvalue weighted by atomic mass is 10.0. The summed E-state index contributed by atoms with van der Waals surface area (Å²) >= 11 is 0. The summed E-state index contributed by atoms with van der Waals surface area (Å²) in [5.41, 5.74) is 7.60. The molecule has 2 aromatic heterocycles. The Morgan fingerprint density at radius 3 is 2.73 bits per heavy atom. The normalized spacial score (nSPS) is 14.7. The largest absolute Gasteiger partial charge is 0.387 e. The van der Waals surface area contributed by atoms with Gasteiger partial charge < -0.3 is 16.5 Å². The Bertz CT molecular complexity index is 1290. The van der Waals surface area contributed by atoms with Gasteiger partial charge in [-0.1, -0.05) is 6.92 Å². The number of aliphatic imine (C=N–C) groups is 1. The minimum absolute atomic E-state index is 0.107. The molecule has 1 aromatic carbocycles. The van der Waals surface area contributed by atoms with Crippen LogP contribution in [0.4, 0.5) is 8.78 Å². The number of fused-ring (bicyclic) bond motifs is 1. The van der Waals surface area contributed by atoms with Gasteiger partial charge in [0.15, 0.2) is 0 Å². The minimum Gasteiger partial charge on any atom is -0.387 e. The van der Waals surface area contributed by atoms with E-state index in [-0.39, 0.29) is 34.6 Å². The summed E-state index contributed by atoms with van der Waals surface area (Å²) in [6, 6.07) is 3.09. The van der Waals surface area contributed by atoms with E-state index < -0.39 is 11.6 Å². The van der Waals surface area contributed by atoms with E-state index in [1.54, 1.807) is 18.5 Å². The van der Waals surface area contributed by atoms with Crippen LogP contribution in [0.1, 0.15) is 24.9 Å². The third-order valence-corrected chi connectivity index (χ3v) is 5.49. The number of hydrogen-bond acceptors (Lipinski definition) is 5. The van der Waals surface area contributed by atoms with Gasteiger partial charge in [-0.2, -0.15) is 5.10 Å². The van der Waals surface area contributed by atoms with Gasteiger partial charge in [0.2, 0.25) is 0 Å². The van der Waals surface area contributed by atoms with E-state index in [0.717, 1.165) is 18.7 Å². The summed E-state index contributed by atoms with van der Waals surface area (Å²) in [5, 5.41) is 23.1. The molecule has 1 aliphatic rings. The average Bonchev–Trinajstić information content (AvgIpc) is 3.23. The lowest BCUT2D eigenvalue weighted by Crippen LogP contribution is -2.43. The molecule has 1 fully saturated rings. The van der Waals surface area contributed by atoms with E-state index in [9.17, 15) is 4.39 Å². The van der Waals surface area contributed by atoms with Gasteiger partial charge in [0, 0.05) is 65.8 Å². The Kier molecular flexibility index (Phi) is 6.36. The van der Waals surface area contributed by atoms with Crippen molar-refractivity contribution in [2.45, 2.75) is 25.8 Å². The van der Waals surface area contributed by atoms with Crippen molar-refractivity contribution in [2.75, 3.05) is 13.1 Å². The van der Waals surface area contributed by atoms with Crippen LogP contribution in [0.5, 0.6) is 0 Å². The van der Waals surface area contributed by atoms with Gasteiger partial charge in [0.05, 0.1) is 17.8 Å². The van der Waals surface area contributed by atoms with Gasteiger partial charge in [0.25, 0.3) is 0 Å². The second-order valence-corrected chi connectivity index (χ2v) is 7.84. The van der Waals surface area contributed by atoms with Crippen molar-refractivity contribution >= 4 is 28.3 Å². The van der Waals surface area contributed by atoms with Crippen molar-refractivity contribution in [3.8, 4) is 11.1 Å². The lowest BCUT2D eigenvalue weighted by molar-refractivity contribution is 0.318. The topological polar surface area (TPSA) is 129 Å². The highest BCUT2D eigenvalue weighted by atomic mass is 19.1. The Morgan fingerprint density at radius 1 is 1.24 bits per heavy atom. The summed E-state index contributed by atoms with van der Waals surface area (Å²) in [7, 11) is 0. The van der Waals surface area contributed by atoms with Crippen LogP contribution in [0.25, 0.3) is 22.0 Å². The fraction of sp³-hybridized carbons (Fsp3) is 0.261. The minimum atomic E-state index is -0.779. The number of nitrogens with one attached hydrogen (secondary N) is 3. The highest BCUT2D eigenvalue weighted by molar-refractivity contribution is 6.05. The van der Waals surface area contributed by atoms with Crippen LogP contribution in [0, 0.1) is 22.5 Å². The number of rotatable bonds is 7. The first kappa shape index (κ1) is 22.4. The summed E-state index contributed by atoms with van der Waals surface area (Å²) in [6.07, 6.45) is 8.13. The molecule has 33 heavy (non-hydrogen) atoms. The van der Waals surface area contributed by atoms with Crippen LogP contribution >= 0.6 is 0 Å². The predicted octanol–water partition coefficient (Wildman–Crippen LogP) is 3.38. The summed E-state index contributed by atoms with van der Waals surface area (Å²) in [5.74, 6) is -1.85. The molecule has 10 heteroatoms. The SMILES string of the molecule is CCC(=N)/C=C\C(=N)N=C(N)Cc1c(F)cc2ncc(-c3cnn(C4CNC4)c3)cc2c1F. The van der Waals surface area contributed by atoms with Gasteiger partial charge in [-0.3, -0.25) is 15.1 Å². The Labute approximate surface area is 189 Å². The first-order chi connectivity index (χ1) is 15.9. The number of nitrogens with zero attached hydrogens (tertiary/aromatic N) is 4. The first-order valence-electron chi connectivity index (χ1n) is 10.5. The summed E-state index contributed by atoms with van der Waals surface area (Å²) in [4.78, 5) is 8.10. The van der Waals surface area contributed by atoms with Gasteiger partial charge in [-0.05, 0) is 24.6 Å². The van der Waals surface area contributed by atoms with Gasteiger partial charge in [-0.15, -0.1) is 0 Å². The standard InChI is InChI=1S/C23H24F2N8/c1-2-15(26)3-4-21(27)32-22(28)6-17-19(24)7-20-18(23(17)25)5-13(8-30-20)14-9-31-33(12-14)16-10-29-11-16/h3-5,7-9,12,16,26,29H,2,6,10-11H2,1H3,(H3,27,28,32)/b4-3-,26-15?. The number of allylic oxidation sites excluding steroid dienone is 1. The molecule has 0 unspecified atom stereocenters. The Morgan fingerprint density at radius 2 is 2.03 bits per heavy atom. The average molecular weight is 450 g/mol. The first-order valence-corrected chi connectivity index (χ1v) is 10.5. The fourth-order valence-corrected chi connectivity index (χ4v) is 3.42. The third kappa shape index (κ3) is 4.85. The maximum atomic E-state index is 15.3. The third-order valence-electron chi connectivity index (χ3n) is 5.49. The molecule has 0 radical (unpaired) electrons. The number of pyridine rings is 1. The molecule has 1 aliphatic heterocycles. The maximum Gasteiger partial charge on any atom is 0.146 e. The molecule has 1 saturated heterocycles. The number of amidine groups is 2. The van der Waals surface area contributed by atoms with E-state index >= 15 is 4.39 Å². The number of benzene rings is 1. The van der Waals surface area contributed by atoms with Gasteiger partial charge >= 0.3 is 0 Å². The molecular formula is C23H24F2N8. The van der Waals surface area contributed by atoms with Crippen LogP contribution in [-0.2, 0) is 6.42 Å². The smallest absolute Gasteiger partial charge is 0.146 e. The van der Waals surface area contributed by atoms with Gasteiger partial charge in [0.1, 0.15) is 23.3 Å². The van der Waals surface area contributed by atoms with Gasteiger partial charge in [-0.25, -0.2) is 13.8 Å². The summed E-state index contributed by atoms with van der Waals surface area (Å²) in [6.45, 7) is 3.52. The molecule has 0 spiro atoms. The number of hydrogen-bond donors (Lipinski definition) is 4. The van der Waals surface area contributed by atoms with Crippen molar-refractivity contribution in [2.24, 2.45) is 10.7 Å². The number of nitrogens with two attached hydrogens (primary N) is 1. The van der Waals surface area contributed by atoms with E-state index in [1.165, 1.54) is 18.2 Å². The maximum absolute atomic E-state index is 15.3. The molecule has 0 atom stereocenters. The molecule has 4 rings (SSSR count). The zero-order valence-electron chi connectivity index (χ0n) is 18.1. The monoisotopic (exact) mass is 450 g/mol. The molecule has 0 aliphatic carbocycles. The van der Waals surface area contributed by atoms with E-state index in [1.807, 2.05) is 17.8 Å². The van der Waals surface area contributed by atoms with Crippen molar-refractivity contribution in [3.63, 3.8) is 0 Å². The van der Waals surface area contributed by atoms with Crippen molar-refractivity contribution in [3.05, 3.63) is 60.1 Å². The van der Waals surface area contributed by atoms with Crippen LogP contribution in [0.2, 0.25) is 0 Å². The van der Waals surface area contributed by atoms with E-state index in [4.69, 9.17) is 16.6 Å². The molecule has 3 heterocycles. The van der Waals surface area contributed by atoms with Crippen LogP contribution in [0.3, 0.4) is 0 Å². The van der Waals surface area contributed by atoms with Crippen LogP contribution < -0.4 is 11.1 Å². The Hall–Kier alpha value is -3.79. The molecule has 3 aromatic rings. The molecule has 5 N–H and O–H groups in total. The highest BCUT2D eigenvalue weighted by Gasteiger charge is 2.20. The molecule has 0 bridgehead atoms. The molecule has 0 saturated carbocycles. The quantitative estimate of drug-likeness (QED) is 0.325. The number of aromatic nitrogens is 3. The molecule has 0 amide bonds. The predicted molar refractivity (Wildman–Crippen MR) is 125 cm³/mol. The highest BCUT2D eigenvalue weighted by Crippen LogP contribution is 2.28. The van der Waals surface area contributed by atoms with Crippen LogP contribution in [0.15, 0.2) is 47.9 Å². The molecular weight excluding hydrogens is 426 g/mol.